The molecular weight excluding hydrogens is 524 g/mol. The molecule has 3 aromatic carbocycles. The number of hydrogen-bond donors (Lipinski definition) is 2. The largest absolute Gasteiger partial charge is 0.492 e. The number of ether oxygens (including phenoxy) is 1. The molecule has 0 atom stereocenters. The average molecular weight is 553 g/mol. The van der Waals surface area contributed by atoms with E-state index in [9.17, 15) is 4.79 Å². The summed E-state index contributed by atoms with van der Waals surface area (Å²) in [5.41, 5.74) is 4.47. The van der Waals surface area contributed by atoms with Gasteiger partial charge in [-0.1, -0.05) is 35.9 Å². The summed E-state index contributed by atoms with van der Waals surface area (Å²) in [6.07, 6.45) is 2.57. The molecule has 1 amide bonds. The van der Waals surface area contributed by atoms with Crippen molar-refractivity contribution in [2.24, 2.45) is 0 Å². The van der Waals surface area contributed by atoms with Crippen LogP contribution in [0.2, 0.25) is 5.02 Å². The lowest BCUT2D eigenvalue weighted by atomic mass is 10.1. The number of pyridine rings is 1. The Labute approximate surface area is 237 Å². The molecular formula is C31H29ClN6O2. The first-order valence-corrected chi connectivity index (χ1v) is 13.7. The van der Waals surface area contributed by atoms with E-state index < -0.39 is 0 Å². The first-order chi connectivity index (χ1) is 19.6. The minimum Gasteiger partial charge on any atom is -0.492 e. The van der Waals surface area contributed by atoms with Crippen LogP contribution in [-0.4, -0.2) is 51.6 Å². The summed E-state index contributed by atoms with van der Waals surface area (Å²) in [5, 5.41) is 11.4. The van der Waals surface area contributed by atoms with Crippen LogP contribution in [0.5, 0.6) is 5.75 Å². The van der Waals surface area contributed by atoms with Gasteiger partial charge in [0.1, 0.15) is 12.4 Å². The molecule has 0 saturated carbocycles. The number of nitrogens with one attached hydrogen (secondary N) is 2. The van der Waals surface area contributed by atoms with Gasteiger partial charge in [0.25, 0.3) is 5.91 Å². The molecule has 1 aliphatic rings. The summed E-state index contributed by atoms with van der Waals surface area (Å²) in [6.45, 7) is 4.00. The van der Waals surface area contributed by atoms with Crippen LogP contribution in [-0.2, 0) is 0 Å². The maximum Gasteiger partial charge on any atom is 0.255 e. The lowest BCUT2D eigenvalue weighted by Crippen LogP contribution is -2.25. The molecule has 0 radical (unpaired) electrons. The fourth-order valence-electron chi connectivity index (χ4n) is 4.83. The molecule has 2 aromatic heterocycles. The molecule has 202 valence electrons. The Kier molecular flexibility index (Phi) is 7.61. The number of benzene rings is 3. The smallest absolute Gasteiger partial charge is 0.255 e. The molecule has 3 heterocycles. The summed E-state index contributed by atoms with van der Waals surface area (Å²) in [4.78, 5) is 19.8. The summed E-state index contributed by atoms with van der Waals surface area (Å²) >= 11 is 6.04. The van der Waals surface area contributed by atoms with Crippen LogP contribution in [0.1, 0.15) is 23.2 Å². The molecule has 6 rings (SSSR count). The zero-order chi connectivity index (χ0) is 27.3. The minimum absolute atomic E-state index is 0.229. The molecule has 1 aliphatic heterocycles. The molecule has 0 unspecified atom stereocenters. The van der Waals surface area contributed by atoms with Crippen LogP contribution in [0.4, 0.5) is 17.3 Å². The lowest BCUT2D eigenvalue weighted by molar-refractivity contribution is 0.102. The number of halogens is 1. The number of rotatable bonds is 9. The number of carbonyl (C=O) groups is 1. The van der Waals surface area contributed by atoms with Crippen molar-refractivity contribution < 1.29 is 9.53 Å². The topological polar surface area (TPSA) is 83.8 Å². The normalized spacial score (nSPS) is 13.4. The highest BCUT2D eigenvalue weighted by Gasteiger charge is 2.13. The first-order valence-electron chi connectivity index (χ1n) is 13.4. The zero-order valence-corrected chi connectivity index (χ0v) is 22.6. The molecule has 2 N–H and O–H groups in total. The molecule has 0 bridgehead atoms. The van der Waals surface area contributed by atoms with Gasteiger partial charge in [0, 0.05) is 34.1 Å². The van der Waals surface area contributed by atoms with E-state index >= 15 is 0 Å². The van der Waals surface area contributed by atoms with Gasteiger partial charge in [-0.15, -0.1) is 5.10 Å². The van der Waals surface area contributed by atoms with E-state index in [4.69, 9.17) is 21.4 Å². The molecule has 1 saturated heterocycles. The molecule has 9 heteroatoms. The van der Waals surface area contributed by atoms with Crippen LogP contribution in [0.15, 0.2) is 91.0 Å². The number of carbonyl (C=O) groups excluding carboxylic acids is 1. The summed E-state index contributed by atoms with van der Waals surface area (Å²) in [6, 6.07) is 28.1. The van der Waals surface area contributed by atoms with Crippen molar-refractivity contribution in [2.75, 3.05) is 36.9 Å². The van der Waals surface area contributed by atoms with Gasteiger partial charge in [-0.2, -0.15) is 4.98 Å². The Hall–Kier alpha value is -4.40. The van der Waals surface area contributed by atoms with E-state index in [1.807, 2.05) is 66.7 Å². The maximum absolute atomic E-state index is 12.7. The molecule has 5 aromatic rings. The fourth-order valence-corrected chi connectivity index (χ4v) is 5.02. The second kappa shape index (κ2) is 11.8. The van der Waals surface area contributed by atoms with E-state index in [0.29, 0.717) is 34.5 Å². The Morgan fingerprint density at radius 3 is 2.52 bits per heavy atom. The monoisotopic (exact) mass is 552 g/mol. The van der Waals surface area contributed by atoms with Crippen molar-refractivity contribution in [1.29, 1.82) is 0 Å². The number of fused-ring (bicyclic) bond motifs is 1. The molecule has 1 fully saturated rings. The number of hydrogen-bond acceptors (Lipinski definition) is 6. The van der Waals surface area contributed by atoms with Gasteiger partial charge in [0.15, 0.2) is 5.65 Å². The number of anilines is 3. The standard InChI is InChI=1S/C31H29ClN6O2/c32-24-8-3-7-23(20-24)30(39)33-26-9-4-6-22(21-26)28-10-5-11-29-35-31(36-38(28)29)34-25-12-14-27(15-13-25)40-19-18-37-16-1-2-17-37/h3-15,20-21H,1-2,16-19H2,(H,33,39)(H,34,36). The summed E-state index contributed by atoms with van der Waals surface area (Å²) in [5.74, 6) is 1.10. The molecule has 0 aliphatic carbocycles. The second-order valence-electron chi connectivity index (χ2n) is 9.71. The second-order valence-corrected chi connectivity index (χ2v) is 10.1. The fraction of sp³-hybridized carbons (Fsp3) is 0.194. The minimum atomic E-state index is -0.229. The Bertz CT molecular complexity index is 1630. The summed E-state index contributed by atoms with van der Waals surface area (Å²) in [7, 11) is 0. The Balaban J connectivity index is 1.14. The van der Waals surface area contributed by atoms with Crippen LogP contribution < -0.4 is 15.4 Å². The van der Waals surface area contributed by atoms with Gasteiger partial charge < -0.3 is 15.4 Å². The number of likely N-dealkylation sites (tertiary alicyclic amines) is 1. The van der Waals surface area contributed by atoms with Crippen LogP contribution >= 0.6 is 11.6 Å². The SMILES string of the molecule is O=C(Nc1cccc(-c2cccc3nc(Nc4ccc(OCCN5CCCC5)cc4)nn23)c1)c1cccc(Cl)c1. The van der Waals surface area contributed by atoms with Crippen molar-refractivity contribution in [1.82, 2.24) is 19.5 Å². The van der Waals surface area contributed by atoms with Gasteiger partial charge in [-0.3, -0.25) is 9.69 Å². The van der Waals surface area contributed by atoms with Gasteiger partial charge in [-0.05, 0) is 92.7 Å². The maximum atomic E-state index is 12.7. The predicted octanol–water partition coefficient (Wildman–Crippen LogP) is 6.52. The molecule has 0 spiro atoms. The van der Waals surface area contributed by atoms with Crippen LogP contribution in [0, 0.1) is 0 Å². The summed E-state index contributed by atoms with van der Waals surface area (Å²) < 4.78 is 7.70. The van der Waals surface area contributed by atoms with Crippen molar-refractivity contribution in [3.05, 3.63) is 102 Å². The lowest BCUT2D eigenvalue weighted by Gasteiger charge is -2.15. The van der Waals surface area contributed by atoms with Crippen molar-refractivity contribution >= 4 is 40.5 Å². The van der Waals surface area contributed by atoms with Gasteiger partial charge in [-0.25, -0.2) is 4.52 Å². The van der Waals surface area contributed by atoms with Crippen LogP contribution in [0.3, 0.4) is 0 Å². The average Bonchev–Trinajstić information content (AvgIpc) is 3.64. The van der Waals surface area contributed by atoms with Crippen molar-refractivity contribution in [3.8, 4) is 17.0 Å². The highest BCUT2D eigenvalue weighted by atomic mass is 35.5. The van der Waals surface area contributed by atoms with Crippen molar-refractivity contribution in [3.63, 3.8) is 0 Å². The van der Waals surface area contributed by atoms with Crippen molar-refractivity contribution in [2.45, 2.75) is 12.8 Å². The first kappa shape index (κ1) is 25.9. The number of amides is 1. The molecule has 8 nitrogen and oxygen atoms in total. The van der Waals surface area contributed by atoms with Gasteiger partial charge >= 0.3 is 0 Å². The predicted molar refractivity (Wildman–Crippen MR) is 159 cm³/mol. The van der Waals surface area contributed by atoms with E-state index in [2.05, 4.69) is 20.5 Å². The zero-order valence-electron chi connectivity index (χ0n) is 21.9. The van der Waals surface area contributed by atoms with Gasteiger partial charge in [0.05, 0.1) is 5.69 Å². The Morgan fingerprint density at radius 1 is 0.900 bits per heavy atom. The molecule has 40 heavy (non-hydrogen) atoms. The highest BCUT2D eigenvalue weighted by Crippen LogP contribution is 2.25. The van der Waals surface area contributed by atoms with Gasteiger partial charge in [0.2, 0.25) is 5.95 Å². The van der Waals surface area contributed by atoms with E-state index in [0.717, 1.165) is 29.2 Å². The van der Waals surface area contributed by atoms with E-state index in [1.54, 1.807) is 28.8 Å². The number of aromatic nitrogens is 3. The third-order valence-electron chi connectivity index (χ3n) is 6.85. The van der Waals surface area contributed by atoms with E-state index in [-0.39, 0.29) is 5.91 Å². The van der Waals surface area contributed by atoms with E-state index in [1.165, 1.54) is 25.9 Å². The van der Waals surface area contributed by atoms with Crippen LogP contribution in [0.25, 0.3) is 16.9 Å². The third kappa shape index (κ3) is 6.09. The number of nitrogens with zero attached hydrogens (tertiary/aromatic N) is 4. The third-order valence-corrected chi connectivity index (χ3v) is 7.08. The quantitative estimate of drug-likeness (QED) is 0.216. The Morgan fingerprint density at radius 2 is 1.70 bits per heavy atom. The highest BCUT2D eigenvalue weighted by molar-refractivity contribution is 6.31.